The number of aromatic nitrogens is 1. The summed E-state index contributed by atoms with van der Waals surface area (Å²) in [6.07, 6.45) is 1.99. The van der Waals surface area contributed by atoms with E-state index < -0.39 is 0 Å². The monoisotopic (exact) mass is 351 g/mol. The summed E-state index contributed by atoms with van der Waals surface area (Å²) in [5.74, 6) is -0.636. The molecule has 2 aromatic rings. The van der Waals surface area contributed by atoms with Crippen LogP contribution in [0.25, 0.3) is 0 Å². The Labute approximate surface area is 144 Å². The van der Waals surface area contributed by atoms with Gasteiger partial charge in [0, 0.05) is 5.02 Å². The first kappa shape index (κ1) is 17.4. The van der Waals surface area contributed by atoms with E-state index in [9.17, 15) is 9.59 Å². The molecule has 0 saturated heterocycles. The van der Waals surface area contributed by atoms with Crippen molar-refractivity contribution in [1.29, 1.82) is 0 Å². The average Bonchev–Trinajstić information content (AvgIpc) is 2.88. The van der Waals surface area contributed by atoms with E-state index in [1.165, 1.54) is 11.3 Å². The highest BCUT2D eigenvalue weighted by Gasteiger charge is 2.15. The highest BCUT2D eigenvalue weighted by Crippen LogP contribution is 2.19. The van der Waals surface area contributed by atoms with Gasteiger partial charge in [-0.1, -0.05) is 30.7 Å². The second kappa shape index (κ2) is 8.08. The SMILES string of the molecule is CCCc1nc(C)c(C(=O)NNC(=O)Cc2ccc(Cl)cc2)s1. The molecule has 2 rings (SSSR count). The number of aryl methyl sites for hydroxylation is 2. The molecule has 5 nitrogen and oxygen atoms in total. The van der Waals surface area contributed by atoms with E-state index in [4.69, 9.17) is 11.6 Å². The summed E-state index contributed by atoms with van der Waals surface area (Å²) in [6.45, 7) is 3.85. The summed E-state index contributed by atoms with van der Waals surface area (Å²) in [4.78, 5) is 28.9. The van der Waals surface area contributed by atoms with Gasteiger partial charge in [-0.2, -0.15) is 0 Å². The van der Waals surface area contributed by atoms with E-state index in [-0.39, 0.29) is 18.2 Å². The zero-order valence-electron chi connectivity index (χ0n) is 13.0. The summed E-state index contributed by atoms with van der Waals surface area (Å²) in [6, 6.07) is 6.99. The van der Waals surface area contributed by atoms with E-state index in [1.807, 2.05) is 0 Å². The molecule has 0 atom stereocenters. The van der Waals surface area contributed by atoms with Crippen molar-refractivity contribution >= 4 is 34.8 Å². The maximum Gasteiger partial charge on any atom is 0.281 e. The highest BCUT2D eigenvalue weighted by atomic mass is 35.5. The Morgan fingerprint density at radius 2 is 1.91 bits per heavy atom. The van der Waals surface area contributed by atoms with Crippen LogP contribution in [0.3, 0.4) is 0 Å². The van der Waals surface area contributed by atoms with Crippen molar-refractivity contribution in [2.45, 2.75) is 33.1 Å². The Balaban J connectivity index is 1.88. The molecule has 2 N–H and O–H groups in total. The number of thiazole rings is 1. The van der Waals surface area contributed by atoms with Gasteiger partial charge in [-0.05, 0) is 37.5 Å². The van der Waals surface area contributed by atoms with Crippen molar-refractivity contribution in [3.05, 3.63) is 50.4 Å². The van der Waals surface area contributed by atoms with Gasteiger partial charge in [-0.15, -0.1) is 11.3 Å². The van der Waals surface area contributed by atoms with Crippen molar-refractivity contribution in [3.63, 3.8) is 0 Å². The van der Waals surface area contributed by atoms with Crippen LogP contribution in [0.1, 0.15) is 39.3 Å². The average molecular weight is 352 g/mol. The van der Waals surface area contributed by atoms with Crippen LogP contribution in [0, 0.1) is 6.92 Å². The largest absolute Gasteiger partial charge is 0.281 e. The van der Waals surface area contributed by atoms with Crippen molar-refractivity contribution < 1.29 is 9.59 Å². The van der Waals surface area contributed by atoms with Crippen LogP contribution < -0.4 is 10.9 Å². The molecule has 0 fully saturated rings. The van der Waals surface area contributed by atoms with Gasteiger partial charge in [-0.3, -0.25) is 20.4 Å². The Morgan fingerprint density at radius 1 is 1.22 bits per heavy atom. The van der Waals surface area contributed by atoms with Crippen LogP contribution in [0.15, 0.2) is 24.3 Å². The van der Waals surface area contributed by atoms with Crippen molar-refractivity contribution in [3.8, 4) is 0 Å². The van der Waals surface area contributed by atoms with Crippen LogP contribution >= 0.6 is 22.9 Å². The maximum absolute atomic E-state index is 12.1. The third kappa shape index (κ3) is 5.04. The molecule has 0 aliphatic heterocycles. The lowest BCUT2D eigenvalue weighted by molar-refractivity contribution is -0.121. The first-order valence-corrected chi connectivity index (χ1v) is 8.49. The maximum atomic E-state index is 12.1. The molecule has 0 radical (unpaired) electrons. The summed E-state index contributed by atoms with van der Waals surface area (Å²) in [5, 5.41) is 1.55. The fourth-order valence-corrected chi connectivity index (χ4v) is 3.19. The molecule has 122 valence electrons. The van der Waals surface area contributed by atoms with Crippen LogP contribution in [0.2, 0.25) is 5.02 Å². The molecular formula is C16H18ClN3O2S. The minimum absolute atomic E-state index is 0.167. The first-order chi connectivity index (χ1) is 11.0. The number of nitrogens with one attached hydrogen (secondary N) is 2. The number of carbonyl (C=O) groups excluding carboxylic acids is 2. The Kier molecular flexibility index (Phi) is 6.12. The number of hydrogen-bond donors (Lipinski definition) is 2. The van der Waals surface area contributed by atoms with Crippen molar-refractivity contribution in [1.82, 2.24) is 15.8 Å². The van der Waals surface area contributed by atoms with Crippen LogP contribution in [0.4, 0.5) is 0 Å². The summed E-state index contributed by atoms with van der Waals surface area (Å²) < 4.78 is 0. The zero-order chi connectivity index (χ0) is 16.8. The van der Waals surface area contributed by atoms with E-state index >= 15 is 0 Å². The minimum atomic E-state index is -0.341. The summed E-state index contributed by atoms with van der Waals surface area (Å²) in [7, 11) is 0. The van der Waals surface area contributed by atoms with Gasteiger partial charge in [0.15, 0.2) is 0 Å². The molecule has 0 bridgehead atoms. The smallest absolute Gasteiger partial charge is 0.273 e. The minimum Gasteiger partial charge on any atom is -0.273 e. The number of carbonyl (C=O) groups is 2. The second-order valence-electron chi connectivity index (χ2n) is 5.08. The molecule has 0 aliphatic rings. The van der Waals surface area contributed by atoms with Crippen LogP contribution in [0.5, 0.6) is 0 Å². The lowest BCUT2D eigenvalue weighted by atomic mass is 10.1. The number of halogens is 1. The van der Waals surface area contributed by atoms with E-state index in [0.717, 1.165) is 23.4 Å². The van der Waals surface area contributed by atoms with Gasteiger partial charge >= 0.3 is 0 Å². The molecule has 2 amide bonds. The summed E-state index contributed by atoms with van der Waals surface area (Å²) in [5.41, 5.74) is 6.36. The van der Waals surface area contributed by atoms with E-state index in [1.54, 1.807) is 31.2 Å². The lowest BCUT2D eigenvalue weighted by Crippen LogP contribution is -2.42. The highest BCUT2D eigenvalue weighted by molar-refractivity contribution is 7.13. The quantitative estimate of drug-likeness (QED) is 0.813. The molecule has 1 heterocycles. The number of hydrogen-bond acceptors (Lipinski definition) is 4. The summed E-state index contributed by atoms with van der Waals surface area (Å²) >= 11 is 7.16. The number of nitrogens with zero attached hydrogens (tertiary/aromatic N) is 1. The normalized spacial score (nSPS) is 10.4. The molecule has 1 aromatic heterocycles. The van der Waals surface area contributed by atoms with E-state index in [0.29, 0.717) is 15.6 Å². The molecular weight excluding hydrogens is 334 g/mol. The van der Waals surface area contributed by atoms with Crippen LogP contribution in [-0.4, -0.2) is 16.8 Å². The fraction of sp³-hybridized carbons (Fsp3) is 0.312. The van der Waals surface area contributed by atoms with Crippen molar-refractivity contribution in [2.24, 2.45) is 0 Å². The molecule has 0 aliphatic carbocycles. The van der Waals surface area contributed by atoms with E-state index in [2.05, 4.69) is 22.8 Å². The number of amides is 2. The van der Waals surface area contributed by atoms with Gasteiger partial charge in [-0.25, -0.2) is 4.98 Å². The molecule has 23 heavy (non-hydrogen) atoms. The first-order valence-electron chi connectivity index (χ1n) is 7.29. The zero-order valence-corrected chi connectivity index (χ0v) is 14.6. The number of benzene rings is 1. The van der Waals surface area contributed by atoms with Gasteiger partial charge in [0.05, 0.1) is 17.1 Å². The molecule has 7 heteroatoms. The molecule has 1 aromatic carbocycles. The lowest BCUT2D eigenvalue weighted by Gasteiger charge is -2.06. The Bertz CT molecular complexity index is 698. The Morgan fingerprint density at radius 3 is 2.57 bits per heavy atom. The van der Waals surface area contributed by atoms with Crippen molar-refractivity contribution in [2.75, 3.05) is 0 Å². The third-order valence-electron chi connectivity index (χ3n) is 3.10. The number of hydrazine groups is 1. The van der Waals surface area contributed by atoms with Gasteiger partial charge in [0.2, 0.25) is 5.91 Å². The van der Waals surface area contributed by atoms with Gasteiger partial charge < -0.3 is 0 Å². The topological polar surface area (TPSA) is 71.1 Å². The second-order valence-corrected chi connectivity index (χ2v) is 6.60. The number of rotatable bonds is 5. The Hall–Kier alpha value is -1.92. The predicted octanol–water partition coefficient (Wildman–Crippen LogP) is 3.06. The fourth-order valence-electron chi connectivity index (χ4n) is 2.00. The molecule has 0 unspecified atom stereocenters. The third-order valence-corrected chi connectivity index (χ3v) is 4.57. The molecule has 0 spiro atoms. The standard InChI is InChI=1S/C16H18ClN3O2S/c1-3-4-14-18-10(2)15(23-14)16(22)20-19-13(21)9-11-5-7-12(17)8-6-11/h5-8H,3-4,9H2,1-2H3,(H,19,21)(H,20,22). The van der Waals surface area contributed by atoms with Crippen LogP contribution in [-0.2, 0) is 17.6 Å². The van der Waals surface area contributed by atoms with Gasteiger partial charge in [0.1, 0.15) is 4.88 Å². The molecule has 0 saturated carbocycles. The predicted molar refractivity (Wildman–Crippen MR) is 91.6 cm³/mol. The van der Waals surface area contributed by atoms with Gasteiger partial charge in [0.25, 0.3) is 5.91 Å².